The lowest BCUT2D eigenvalue weighted by Crippen LogP contribution is -1.80. The van der Waals surface area contributed by atoms with Crippen molar-refractivity contribution in [3.63, 3.8) is 0 Å². The lowest BCUT2D eigenvalue weighted by atomic mass is 10.1. The quantitative estimate of drug-likeness (QED) is 0.523. The van der Waals surface area contributed by atoms with Gasteiger partial charge in [-0.25, -0.2) is 0 Å². The standard InChI is InChI=1S/C11H19/c1-5-7-11(4)9-6-8-10(2)3/h7H,1-2,5-6,8-9H2,3-4H3/b11-7+. The van der Waals surface area contributed by atoms with Gasteiger partial charge in [-0.2, -0.15) is 0 Å². The van der Waals surface area contributed by atoms with E-state index in [1.165, 1.54) is 24.0 Å². The molecule has 0 heterocycles. The third-order valence-electron chi connectivity index (χ3n) is 1.67. The smallest absolute Gasteiger partial charge is 0.0320 e. The molecule has 11 heavy (non-hydrogen) atoms. The molecule has 0 atom stereocenters. The third-order valence-corrected chi connectivity index (χ3v) is 1.67. The maximum absolute atomic E-state index is 3.87. The van der Waals surface area contributed by atoms with Crippen molar-refractivity contribution in [1.29, 1.82) is 0 Å². The van der Waals surface area contributed by atoms with Crippen LogP contribution in [0.4, 0.5) is 0 Å². The number of hydrogen-bond donors (Lipinski definition) is 0. The molecule has 0 N–H and O–H groups in total. The van der Waals surface area contributed by atoms with Gasteiger partial charge in [0.15, 0.2) is 0 Å². The maximum Gasteiger partial charge on any atom is -0.0320 e. The summed E-state index contributed by atoms with van der Waals surface area (Å²) < 4.78 is 0. The summed E-state index contributed by atoms with van der Waals surface area (Å²) in [5, 5.41) is 0. The highest BCUT2D eigenvalue weighted by Gasteiger charge is 1.90. The molecule has 0 unspecified atom stereocenters. The van der Waals surface area contributed by atoms with Crippen LogP contribution in [-0.4, -0.2) is 0 Å². The Morgan fingerprint density at radius 1 is 1.27 bits per heavy atom. The summed E-state index contributed by atoms with van der Waals surface area (Å²) >= 11 is 0. The SMILES string of the molecule is [CH2]C/C=C(\C)CCCC(=C)C. The van der Waals surface area contributed by atoms with Gasteiger partial charge in [-0.15, -0.1) is 6.58 Å². The Balaban J connectivity index is 3.38. The lowest BCUT2D eigenvalue weighted by molar-refractivity contribution is 0.803. The molecule has 0 rings (SSSR count). The largest absolute Gasteiger partial charge is 0.100 e. The van der Waals surface area contributed by atoms with E-state index < -0.39 is 0 Å². The molecule has 0 nitrogen and oxygen atoms in total. The summed E-state index contributed by atoms with van der Waals surface area (Å²) in [6.45, 7) is 11.9. The van der Waals surface area contributed by atoms with Crippen LogP contribution in [0.5, 0.6) is 0 Å². The molecule has 0 heteroatoms. The molecule has 0 aliphatic heterocycles. The van der Waals surface area contributed by atoms with Gasteiger partial charge in [-0.1, -0.05) is 17.2 Å². The minimum absolute atomic E-state index is 0.916. The van der Waals surface area contributed by atoms with Crippen molar-refractivity contribution in [2.45, 2.75) is 39.5 Å². The van der Waals surface area contributed by atoms with Crippen molar-refractivity contribution in [2.24, 2.45) is 0 Å². The fourth-order valence-corrected chi connectivity index (χ4v) is 1.02. The highest BCUT2D eigenvalue weighted by atomic mass is 14.0. The summed E-state index contributed by atoms with van der Waals surface area (Å²) in [6, 6.07) is 0. The van der Waals surface area contributed by atoms with E-state index in [1.54, 1.807) is 0 Å². The second kappa shape index (κ2) is 6.21. The molecule has 0 saturated heterocycles. The van der Waals surface area contributed by atoms with Crippen molar-refractivity contribution >= 4 is 0 Å². The van der Waals surface area contributed by atoms with Gasteiger partial charge in [0, 0.05) is 0 Å². The van der Waals surface area contributed by atoms with E-state index >= 15 is 0 Å². The molecule has 0 bridgehead atoms. The average Bonchev–Trinajstić information content (AvgIpc) is 1.87. The van der Waals surface area contributed by atoms with Gasteiger partial charge in [0.2, 0.25) is 0 Å². The van der Waals surface area contributed by atoms with Crippen LogP contribution in [-0.2, 0) is 0 Å². The molecule has 0 aromatic rings. The van der Waals surface area contributed by atoms with E-state index in [4.69, 9.17) is 0 Å². The number of rotatable bonds is 5. The van der Waals surface area contributed by atoms with Crippen LogP contribution in [0.2, 0.25) is 0 Å². The predicted molar refractivity (Wildman–Crippen MR) is 52.4 cm³/mol. The second-order valence-electron chi connectivity index (χ2n) is 3.15. The van der Waals surface area contributed by atoms with Gasteiger partial charge >= 0.3 is 0 Å². The molecule has 0 saturated carbocycles. The fraction of sp³-hybridized carbons (Fsp3) is 0.545. The van der Waals surface area contributed by atoms with Crippen LogP contribution < -0.4 is 0 Å². The first-order valence-electron chi connectivity index (χ1n) is 4.26. The first-order valence-corrected chi connectivity index (χ1v) is 4.26. The van der Waals surface area contributed by atoms with Crippen molar-refractivity contribution < 1.29 is 0 Å². The molecular formula is C11H19. The molecular weight excluding hydrogens is 132 g/mol. The van der Waals surface area contributed by atoms with Crippen LogP contribution in [0.1, 0.15) is 39.5 Å². The van der Waals surface area contributed by atoms with Gasteiger partial charge < -0.3 is 0 Å². The minimum atomic E-state index is 0.916. The van der Waals surface area contributed by atoms with E-state index in [1.807, 2.05) is 0 Å². The van der Waals surface area contributed by atoms with E-state index in [0.29, 0.717) is 0 Å². The Morgan fingerprint density at radius 3 is 2.36 bits per heavy atom. The predicted octanol–water partition coefficient (Wildman–Crippen LogP) is 3.90. The molecule has 0 aliphatic carbocycles. The Bertz CT molecular complexity index is 140. The van der Waals surface area contributed by atoms with Gasteiger partial charge in [-0.3, -0.25) is 0 Å². The molecule has 0 aliphatic rings. The van der Waals surface area contributed by atoms with Crippen molar-refractivity contribution in [3.8, 4) is 0 Å². The Morgan fingerprint density at radius 2 is 1.91 bits per heavy atom. The van der Waals surface area contributed by atoms with Gasteiger partial charge in [0.25, 0.3) is 0 Å². The molecule has 0 fully saturated rings. The summed E-state index contributed by atoms with van der Waals surface area (Å²) in [4.78, 5) is 0. The fourth-order valence-electron chi connectivity index (χ4n) is 1.02. The molecule has 0 spiro atoms. The van der Waals surface area contributed by atoms with E-state index in [0.717, 1.165) is 12.8 Å². The zero-order valence-electron chi connectivity index (χ0n) is 7.82. The zero-order valence-corrected chi connectivity index (χ0v) is 7.82. The molecule has 0 aromatic carbocycles. The minimum Gasteiger partial charge on any atom is -0.100 e. The van der Waals surface area contributed by atoms with Gasteiger partial charge in [0.1, 0.15) is 0 Å². The maximum atomic E-state index is 3.87. The summed E-state index contributed by atoms with van der Waals surface area (Å²) in [6.07, 6.45) is 6.69. The van der Waals surface area contributed by atoms with Crippen LogP contribution in [0.3, 0.4) is 0 Å². The Kier molecular flexibility index (Phi) is 5.91. The topological polar surface area (TPSA) is 0 Å². The van der Waals surface area contributed by atoms with Gasteiger partial charge in [-0.05, 0) is 46.5 Å². The second-order valence-corrected chi connectivity index (χ2v) is 3.15. The van der Waals surface area contributed by atoms with Gasteiger partial charge in [0.05, 0.1) is 0 Å². The van der Waals surface area contributed by atoms with Crippen LogP contribution in [0, 0.1) is 6.92 Å². The zero-order chi connectivity index (χ0) is 8.69. The number of allylic oxidation sites excluding steroid dienone is 3. The summed E-state index contributed by atoms with van der Waals surface area (Å²) in [5.74, 6) is 0. The first kappa shape index (κ1) is 10.5. The monoisotopic (exact) mass is 151 g/mol. The third kappa shape index (κ3) is 7.38. The summed E-state index contributed by atoms with van der Waals surface area (Å²) in [5.41, 5.74) is 2.74. The molecule has 63 valence electrons. The van der Waals surface area contributed by atoms with E-state index in [9.17, 15) is 0 Å². The van der Waals surface area contributed by atoms with Crippen molar-refractivity contribution in [2.75, 3.05) is 0 Å². The van der Waals surface area contributed by atoms with E-state index in [-0.39, 0.29) is 0 Å². The summed E-state index contributed by atoms with van der Waals surface area (Å²) in [7, 11) is 0. The van der Waals surface area contributed by atoms with Crippen molar-refractivity contribution in [1.82, 2.24) is 0 Å². The van der Waals surface area contributed by atoms with Crippen LogP contribution in [0.25, 0.3) is 0 Å². The lowest BCUT2D eigenvalue weighted by Gasteiger charge is -2.00. The Hall–Kier alpha value is -0.520. The number of hydrogen-bond acceptors (Lipinski definition) is 0. The highest BCUT2D eigenvalue weighted by Crippen LogP contribution is 2.10. The molecule has 0 amide bonds. The van der Waals surface area contributed by atoms with Crippen LogP contribution in [0.15, 0.2) is 23.8 Å². The molecule has 1 radical (unpaired) electrons. The van der Waals surface area contributed by atoms with E-state index in [2.05, 4.69) is 33.4 Å². The molecule has 0 aromatic heterocycles. The first-order chi connectivity index (χ1) is 5.16. The normalized spacial score (nSPS) is 11.7. The van der Waals surface area contributed by atoms with Crippen molar-refractivity contribution in [3.05, 3.63) is 30.7 Å². The Labute approximate surface area is 71.0 Å². The van der Waals surface area contributed by atoms with Crippen LogP contribution >= 0.6 is 0 Å². The highest BCUT2D eigenvalue weighted by molar-refractivity contribution is 4.99. The average molecular weight is 151 g/mol.